The SMILES string of the molecule is O=C(CN(C(=O)c1ccc([N+](=O)[O-])cc1)N1C(=O)[C@@H]2[C@@H](C1=O)[C@H]1C=C[C@H]2C1)c1cccs1. The molecule has 2 fully saturated rings. The van der Waals surface area contributed by atoms with Gasteiger partial charge >= 0.3 is 0 Å². The van der Waals surface area contributed by atoms with Crippen molar-refractivity contribution in [2.45, 2.75) is 6.42 Å². The number of hydrogen-bond acceptors (Lipinski definition) is 7. The molecule has 2 heterocycles. The number of fused-ring (bicyclic) bond motifs is 5. The van der Waals surface area contributed by atoms with Gasteiger partial charge in [0.1, 0.15) is 6.54 Å². The largest absolute Gasteiger partial charge is 0.291 e. The van der Waals surface area contributed by atoms with Gasteiger partial charge in [-0.05, 0) is 41.8 Å². The van der Waals surface area contributed by atoms with E-state index in [1.54, 1.807) is 17.5 Å². The smallest absolute Gasteiger partial charge is 0.273 e. The molecule has 0 spiro atoms. The van der Waals surface area contributed by atoms with E-state index in [4.69, 9.17) is 0 Å². The molecule has 3 aliphatic rings. The Bertz CT molecular complexity index is 1140. The molecule has 1 saturated heterocycles. The number of nitro groups is 1. The molecule has 0 unspecified atom stereocenters. The summed E-state index contributed by atoms with van der Waals surface area (Å²) in [5, 5.41) is 14.4. The molecule has 0 N–H and O–H groups in total. The lowest BCUT2D eigenvalue weighted by atomic mass is 9.85. The van der Waals surface area contributed by atoms with Crippen LogP contribution >= 0.6 is 11.3 Å². The first-order valence-corrected chi connectivity index (χ1v) is 10.9. The molecule has 10 heteroatoms. The Morgan fingerprint density at radius 2 is 1.69 bits per heavy atom. The molecule has 2 aromatic rings. The van der Waals surface area contributed by atoms with Crippen LogP contribution in [0.4, 0.5) is 5.69 Å². The number of carbonyl (C=O) groups excluding carboxylic acids is 4. The minimum Gasteiger partial charge on any atom is -0.291 e. The van der Waals surface area contributed by atoms with Crippen LogP contribution in [0.3, 0.4) is 0 Å². The first-order valence-electron chi connectivity index (χ1n) is 10.1. The van der Waals surface area contributed by atoms with E-state index >= 15 is 0 Å². The van der Waals surface area contributed by atoms with Crippen LogP contribution in [-0.4, -0.2) is 45.0 Å². The summed E-state index contributed by atoms with van der Waals surface area (Å²) in [6.45, 7) is -0.490. The summed E-state index contributed by atoms with van der Waals surface area (Å²) >= 11 is 1.20. The molecule has 5 rings (SSSR count). The molecule has 2 bridgehead atoms. The summed E-state index contributed by atoms with van der Waals surface area (Å²) in [6.07, 6.45) is 4.63. The minimum atomic E-state index is -0.744. The molecule has 0 radical (unpaired) electrons. The van der Waals surface area contributed by atoms with E-state index in [1.807, 2.05) is 12.2 Å². The van der Waals surface area contributed by atoms with E-state index < -0.39 is 46.8 Å². The number of benzene rings is 1. The summed E-state index contributed by atoms with van der Waals surface area (Å²) in [7, 11) is 0. The first-order chi connectivity index (χ1) is 15.4. The second kappa shape index (κ2) is 7.49. The van der Waals surface area contributed by atoms with Gasteiger partial charge in [0, 0.05) is 17.7 Å². The number of hydrazine groups is 1. The Kier molecular flexibility index (Phi) is 4.74. The van der Waals surface area contributed by atoms with Crippen molar-refractivity contribution in [1.82, 2.24) is 10.0 Å². The molecule has 1 aromatic carbocycles. The zero-order valence-electron chi connectivity index (χ0n) is 16.6. The maximum atomic E-state index is 13.4. The first kappa shape index (κ1) is 20.3. The van der Waals surface area contributed by atoms with Gasteiger partial charge in [-0.25, -0.2) is 5.01 Å². The van der Waals surface area contributed by atoms with E-state index in [2.05, 4.69) is 0 Å². The number of carbonyl (C=O) groups is 4. The molecule has 162 valence electrons. The Labute approximate surface area is 186 Å². The molecule has 4 atom stereocenters. The molecule has 3 amide bonds. The predicted octanol–water partition coefficient (Wildman–Crippen LogP) is 2.70. The van der Waals surface area contributed by atoms with E-state index in [0.29, 0.717) is 4.88 Å². The number of Topliss-reactive ketones (excluding diaryl/α,β-unsaturated/α-hetero) is 1. The Morgan fingerprint density at radius 3 is 2.22 bits per heavy atom. The van der Waals surface area contributed by atoms with Crippen molar-refractivity contribution >= 4 is 40.5 Å². The normalized spacial score (nSPS) is 25.3. The van der Waals surface area contributed by atoms with Gasteiger partial charge in [-0.15, -0.1) is 11.3 Å². The summed E-state index contributed by atoms with van der Waals surface area (Å²) in [5.41, 5.74) is -0.165. The van der Waals surface area contributed by atoms with Crippen molar-refractivity contribution < 1.29 is 24.1 Å². The zero-order valence-corrected chi connectivity index (χ0v) is 17.4. The highest BCUT2D eigenvalue weighted by atomic mass is 32.1. The third-order valence-electron chi connectivity index (χ3n) is 6.34. The fourth-order valence-corrected chi connectivity index (χ4v) is 5.54. The number of rotatable bonds is 6. The highest BCUT2D eigenvalue weighted by Crippen LogP contribution is 2.52. The van der Waals surface area contributed by atoms with Gasteiger partial charge in [-0.2, -0.15) is 5.01 Å². The number of non-ortho nitro benzene ring substituents is 1. The average molecular weight is 451 g/mol. The van der Waals surface area contributed by atoms with Crippen LogP contribution in [0.1, 0.15) is 26.5 Å². The Hall–Kier alpha value is -3.66. The highest BCUT2D eigenvalue weighted by Gasteiger charge is 2.61. The van der Waals surface area contributed by atoms with Crippen LogP contribution in [0.15, 0.2) is 53.9 Å². The van der Waals surface area contributed by atoms with E-state index in [-0.39, 0.29) is 23.1 Å². The number of allylic oxidation sites excluding steroid dienone is 2. The minimum absolute atomic E-state index is 0.0355. The second-order valence-electron chi connectivity index (χ2n) is 8.06. The highest BCUT2D eigenvalue weighted by molar-refractivity contribution is 7.12. The lowest BCUT2D eigenvalue weighted by molar-refractivity contribution is -0.384. The van der Waals surface area contributed by atoms with E-state index in [9.17, 15) is 29.3 Å². The summed E-state index contributed by atoms with van der Waals surface area (Å²) in [5.74, 6) is -3.26. The van der Waals surface area contributed by atoms with Crippen molar-refractivity contribution in [2.24, 2.45) is 23.7 Å². The zero-order chi connectivity index (χ0) is 22.6. The number of imide groups is 1. The van der Waals surface area contributed by atoms with Crippen molar-refractivity contribution in [2.75, 3.05) is 6.54 Å². The van der Waals surface area contributed by atoms with Gasteiger partial charge in [0.05, 0.1) is 21.6 Å². The van der Waals surface area contributed by atoms with Gasteiger partial charge in [0.15, 0.2) is 5.78 Å². The van der Waals surface area contributed by atoms with Gasteiger partial charge in [-0.1, -0.05) is 18.2 Å². The van der Waals surface area contributed by atoms with Gasteiger partial charge in [0.25, 0.3) is 23.4 Å². The molecule has 1 aromatic heterocycles. The topological polar surface area (TPSA) is 118 Å². The van der Waals surface area contributed by atoms with E-state index in [0.717, 1.165) is 16.4 Å². The van der Waals surface area contributed by atoms with Crippen LogP contribution < -0.4 is 0 Å². The van der Waals surface area contributed by atoms with Gasteiger partial charge < -0.3 is 0 Å². The molecular weight excluding hydrogens is 434 g/mol. The standard InChI is InChI=1S/C22H17N3O6S/c26-16(17-2-1-9-32-17)11-23(20(27)12-5-7-15(8-6-12)25(30)31)24-21(28)18-13-3-4-14(10-13)19(18)22(24)29/h1-9,13-14,18-19H,10-11H2/t13-,14-,18-,19-/m0/s1. The molecule has 2 aliphatic carbocycles. The fourth-order valence-electron chi connectivity index (χ4n) is 4.88. The maximum absolute atomic E-state index is 13.4. The molecular formula is C22H17N3O6S. The molecule has 32 heavy (non-hydrogen) atoms. The van der Waals surface area contributed by atoms with Crippen LogP contribution in [0.5, 0.6) is 0 Å². The van der Waals surface area contributed by atoms with Crippen molar-refractivity contribution in [1.29, 1.82) is 0 Å². The molecule has 1 saturated carbocycles. The van der Waals surface area contributed by atoms with Gasteiger partial charge in [-0.3, -0.25) is 29.3 Å². The molecule has 9 nitrogen and oxygen atoms in total. The lowest BCUT2D eigenvalue weighted by Crippen LogP contribution is -2.52. The summed E-state index contributed by atoms with van der Waals surface area (Å²) < 4.78 is 0. The van der Waals surface area contributed by atoms with E-state index in [1.165, 1.54) is 35.6 Å². The van der Waals surface area contributed by atoms with Crippen LogP contribution in [0, 0.1) is 33.8 Å². The average Bonchev–Trinajstić information content (AvgIpc) is 3.57. The van der Waals surface area contributed by atoms with Gasteiger partial charge in [0.2, 0.25) is 0 Å². The van der Waals surface area contributed by atoms with Crippen molar-refractivity contribution in [3.8, 4) is 0 Å². The van der Waals surface area contributed by atoms with Crippen LogP contribution in [0.2, 0.25) is 0 Å². The third-order valence-corrected chi connectivity index (χ3v) is 7.25. The summed E-state index contributed by atoms with van der Waals surface area (Å²) in [6, 6.07) is 8.13. The number of hydrogen-bond donors (Lipinski definition) is 0. The van der Waals surface area contributed by atoms with Crippen molar-refractivity contribution in [3.05, 3.63) is 74.5 Å². The monoisotopic (exact) mass is 451 g/mol. The molecule has 1 aliphatic heterocycles. The number of nitrogens with zero attached hydrogens (tertiary/aromatic N) is 3. The number of ketones is 1. The number of amides is 3. The quantitative estimate of drug-likeness (QED) is 0.219. The summed E-state index contributed by atoms with van der Waals surface area (Å²) in [4.78, 5) is 63.4. The lowest BCUT2D eigenvalue weighted by Gasteiger charge is -2.30. The Morgan fingerprint density at radius 1 is 1.06 bits per heavy atom. The predicted molar refractivity (Wildman–Crippen MR) is 112 cm³/mol. The second-order valence-corrected chi connectivity index (χ2v) is 9.00. The number of nitro benzene ring substituents is 1. The maximum Gasteiger partial charge on any atom is 0.273 e. The Balaban J connectivity index is 1.49. The van der Waals surface area contributed by atoms with Crippen LogP contribution in [-0.2, 0) is 9.59 Å². The number of thiophene rings is 1. The van der Waals surface area contributed by atoms with Crippen LogP contribution in [0.25, 0.3) is 0 Å². The fraction of sp³-hybridized carbons (Fsp3) is 0.273. The van der Waals surface area contributed by atoms with Crippen molar-refractivity contribution in [3.63, 3.8) is 0 Å². The third kappa shape index (κ3) is 3.06.